The zero-order valence-corrected chi connectivity index (χ0v) is 8.76. The van der Waals surface area contributed by atoms with Gasteiger partial charge in [-0.1, -0.05) is 13.8 Å². The molecule has 0 saturated carbocycles. The van der Waals surface area contributed by atoms with Crippen LogP contribution in [0.1, 0.15) is 25.6 Å². The minimum Gasteiger partial charge on any atom is -0.453 e. The molecule has 1 rings (SSSR count). The van der Waals surface area contributed by atoms with Gasteiger partial charge in [-0.3, -0.25) is 5.84 Å². The average Bonchev–Trinajstić information content (AvgIpc) is 2.37. The first-order chi connectivity index (χ1) is 5.65. The van der Waals surface area contributed by atoms with Crippen LogP contribution in [-0.2, 0) is 0 Å². The molecule has 1 unspecified atom stereocenters. The quantitative estimate of drug-likeness (QED) is 0.621. The highest BCUT2D eigenvalue weighted by Crippen LogP contribution is 2.24. The Labute approximate surface area is 80.4 Å². The molecule has 3 nitrogen and oxygen atoms in total. The standard InChI is InChI=1S/C8H13BrN2O/c1-5(2)8(11-10)6-3-4-7(9)12-6/h3-5,8,11H,10H2,1-2H3. The zero-order valence-electron chi connectivity index (χ0n) is 7.17. The fraction of sp³-hybridized carbons (Fsp3) is 0.500. The van der Waals surface area contributed by atoms with Crippen molar-refractivity contribution in [3.05, 3.63) is 22.6 Å². The van der Waals surface area contributed by atoms with Crippen LogP contribution in [0.5, 0.6) is 0 Å². The number of nitrogens with one attached hydrogen (secondary N) is 1. The van der Waals surface area contributed by atoms with Crippen LogP contribution in [0.25, 0.3) is 0 Å². The van der Waals surface area contributed by atoms with Crippen LogP contribution in [0.3, 0.4) is 0 Å². The normalized spacial score (nSPS) is 13.8. The molecule has 0 aliphatic rings. The molecule has 1 aromatic rings. The van der Waals surface area contributed by atoms with Gasteiger partial charge in [0.25, 0.3) is 0 Å². The van der Waals surface area contributed by atoms with Crippen molar-refractivity contribution in [2.75, 3.05) is 0 Å². The summed E-state index contributed by atoms with van der Waals surface area (Å²) < 4.78 is 6.11. The monoisotopic (exact) mass is 232 g/mol. The number of hydrogen-bond acceptors (Lipinski definition) is 3. The lowest BCUT2D eigenvalue weighted by atomic mass is 10.0. The Bertz CT molecular complexity index is 247. The Morgan fingerprint density at radius 2 is 2.17 bits per heavy atom. The molecule has 3 N–H and O–H groups in total. The van der Waals surface area contributed by atoms with E-state index in [1.807, 2.05) is 12.1 Å². The fourth-order valence-corrected chi connectivity index (χ4v) is 1.42. The van der Waals surface area contributed by atoms with Gasteiger partial charge in [0.1, 0.15) is 5.76 Å². The van der Waals surface area contributed by atoms with E-state index in [4.69, 9.17) is 10.3 Å². The van der Waals surface area contributed by atoms with Gasteiger partial charge in [-0.2, -0.15) is 0 Å². The van der Waals surface area contributed by atoms with Crippen LogP contribution in [0.2, 0.25) is 0 Å². The molecule has 0 aliphatic heterocycles. The summed E-state index contributed by atoms with van der Waals surface area (Å²) in [6.45, 7) is 4.17. The van der Waals surface area contributed by atoms with Crippen molar-refractivity contribution in [2.45, 2.75) is 19.9 Å². The van der Waals surface area contributed by atoms with E-state index in [1.165, 1.54) is 0 Å². The number of rotatable bonds is 3. The van der Waals surface area contributed by atoms with Gasteiger partial charge in [0, 0.05) is 0 Å². The number of halogens is 1. The van der Waals surface area contributed by atoms with Gasteiger partial charge in [0.05, 0.1) is 6.04 Å². The van der Waals surface area contributed by atoms with E-state index in [-0.39, 0.29) is 6.04 Å². The summed E-state index contributed by atoms with van der Waals surface area (Å²) in [5.74, 6) is 6.66. The van der Waals surface area contributed by atoms with Crippen LogP contribution in [0, 0.1) is 5.92 Å². The lowest BCUT2D eigenvalue weighted by Gasteiger charge is -2.16. The maximum Gasteiger partial charge on any atom is 0.169 e. The van der Waals surface area contributed by atoms with Crippen LogP contribution in [-0.4, -0.2) is 0 Å². The highest BCUT2D eigenvalue weighted by molar-refractivity contribution is 9.10. The average molecular weight is 233 g/mol. The van der Waals surface area contributed by atoms with Crippen LogP contribution in [0.15, 0.2) is 21.2 Å². The van der Waals surface area contributed by atoms with E-state index in [1.54, 1.807) is 0 Å². The molecule has 0 saturated heterocycles. The first-order valence-corrected chi connectivity index (χ1v) is 4.65. The zero-order chi connectivity index (χ0) is 9.14. The first-order valence-electron chi connectivity index (χ1n) is 3.86. The molecule has 0 amide bonds. The van der Waals surface area contributed by atoms with E-state index < -0.39 is 0 Å². The molecule has 0 fully saturated rings. The van der Waals surface area contributed by atoms with Crippen LogP contribution < -0.4 is 11.3 Å². The predicted molar refractivity (Wildman–Crippen MR) is 51.3 cm³/mol. The molecule has 1 heterocycles. The summed E-state index contributed by atoms with van der Waals surface area (Å²) in [5.41, 5.74) is 2.72. The summed E-state index contributed by atoms with van der Waals surface area (Å²) in [4.78, 5) is 0. The number of nitrogens with two attached hydrogens (primary N) is 1. The van der Waals surface area contributed by atoms with E-state index >= 15 is 0 Å². The molecule has 1 aromatic heterocycles. The third-order valence-electron chi connectivity index (χ3n) is 1.75. The Morgan fingerprint density at radius 3 is 2.50 bits per heavy atom. The third-order valence-corrected chi connectivity index (χ3v) is 2.17. The van der Waals surface area contributed by atoms with Crippen molar-refractivity contribution in [2.24, 2.45) is 11.8 Å². The maximum absolute atomic E-state index is 5.39. The molecule has 0 radical (unpaired) electrons. The minimum atomic E-state index is 0.0799. The molecule has 12 heavy (non-hydrogen) atoms. The molecule has 1 atom stereocenters. The predicted octanol–water partition coefficient (Wildman–Crippen LogP) is 2.20. The van der Waals surface area contributed by atoms with E-state index in [2.05, 4.69) is 35.2 Å². The van der Waals surface area contributed by atoms with Crippen LogP contribution >= 0.6 is 15.9 Å². The van der Waals surface area contributed by atoms with Gasteiger partial charge < -0.3 is 4.42 Å². The molecule has 0 aliphatic carbocycles. The molecular weight excluding hydrogens is 220 g/mol. The van der Waals surface area contributed by atoms with Crippen molar-refractivity contribution in [3.63, 3.8) is 0 Å². The molecule has 0 bridgehead atoms. The van der Waals surface area contributed by atoms with Crippen molar-refractivity contribution in [1.29, 1.82) is 0 Å². The van der Waals surface area contributed by atoms with Gasteiger partial charge in [0.15, 0.2) is 4.67 Å². The number of hydrogen-bond donors (Lipinski definition) is 2. The van der Waals surface area contributed by atoms with Crippen LogP contribution in [0.4, 0.5) is 0 Å². The lowest BCUT2D eigenvalue weighted by Crippen LogP contribution is -2.31. The van der Waals surface area contributed by atoms with Crippen molar-refractivity contribution >= 4 is 15.9 Å². The summed E-state index contributed by atoms with van der Waals surface area (Å²) in [5, 5.41) is 0. The van der Waals surface area contributed by atoms with Gasteiger partial charge in [0.2, 0.25) is 0 Å². The number of furan rings is 1. The fourth-order valence-electron chi connectivity index (χ4n) is 1.10. The van der Waals surface area contributed by atoms with Crippen molar-refractivity contribution in [3.8, 4) is 0 Å². The van der Waals surface area contributed by atoms with E-state index in [9.17, 15) is 0 Å². The van der Waals surface area contributed by atoms with Gasteiger partial charge in [-0.25, -0.2) is 5.43 Å². The largest absolute Gasteiger partial charge is 0.453 e. The Balaban J connectivity index is 2.80. The summed E-state index contributed by atoms with van der Waals surface area (Å²) in [6, 6.07) is 3.85. The maximum atomic E-state index is 5.39. The second-order valence-corrected chi connectivity index (χ2v) is 3.81. The van der Waals surface area contributed by atoms with Crippen molar-refractivity contribution < 1.29 is 4.42 Å². The Kier molecular flexibility index (Phi) is 3.31. The molecule has 0 spiro atoms. The Hall–Kier alpha value is -0.320. The second kappa shape index (κ2) is 4.07. The lowest BCUT2D eigenvalue weighted by molar-refractivity contribution is 0.340. The smallest absolute Gasteiger partial charge is 0.169 e. The minimum absolute atomic E-state index is 0.0799. The molecule has 4 heteroatoms. The topological polar surface area (TPSA) is 51.2 Å². The Morgan fingerprint density at radius 1 is 1.50 bits per heavy atom. The van der Waals surface area contributed by atoms with E-state index in [0.29, 0.717) is 5.92 Å². The first kappa shape index (κ1) is 9.77. The summed E-state index contributed by atoms with van der Waals surface area (Å²) >= 11 is 3.24. The van der Waals surface area contributed by atoms with Crippen molar-refractivity contribution in [1.82, 2.24) is 5.43 Å². The SMILES string of the molecule is CC(C)C(NN)c1ccc(Br)o1. The third kappa shape index (κ3) is 2.09. The molecular formula is C8H13BrN2O. The highest BCUT2D eigenvalue weighted by atomic mass is 79.9. The van der Waals surface area contributed by atoms with Gasteiger partial charge >= 0.3 is 0 Å². The van der Waals surface area contributed by atoms with Gasteiger partial charge in [-0.15, -0.1) is 0 Å². The summed E-state index contributed by atoms with van der Waals surface area (Å²) in [7, 11) is 0. The second-order valence-electron chi connectivity index (χ2n) is 3.03. The highest BCUT2D eigenvalue weighted by Gasteiger charge is 2.16. The van der Waals surface area contributed by atoms with E-state index in [0.717, 1.165) is 10.4 Å². The van der Waals surface area contributed by atoms with Gasteiger partial charge in [-0.05, 0) is 34.0 Å². The number of hydrazine groups is 1. The molecule has 0 aromatic carbocycles. The summed E-state index contributed by atoms with van der Waals surface area (Å²) in [6.07, 6.45) is 0. The molecule has 68 valence electrons.